The number of rotatable bonds is 1. The Morgan fingerprint density at radius 1 is 1.43 bits per heavy atom. The molecule has 0 spiro atoms. The lowest BCUT2D eigenvalue weighted by Crippen LogP contribution is -2.75. The molecule has 0 radical (unpaired) electrons. The molecule has 1 aromatic rings. The number of hydrogen-bond acceptors (Lipinski definition) is 4. The molecule has 0 aromatic carbocycles. The summed E-state index contributed by atoms with van der Waals surface area (Å²) in [5, 5.41) is 9.82. The van der Waals surface area contributed by atoms with Crippen molar-refractivity contribution in [2.24, 2.45) is 11.1 Å². The fourth-order valence-corrected chi connectivity index (χ4v) is 3.20. The van der Waals surface area contributed by atoms with Crippen LogP contribution in [0.25, 0.3) is 0 Å². The largest absolute Gasteiger partial charge is 0.434 e. The lowest BCUT2D eigenvalue weighted by Gasteiger charge is -2.57. The third-order valence-electron chi connectivity index (χ3n) is 5.26. The molecule has 1 aliphatic heterocycles. The Balaban J connectivity index is 1.80. The van der Waals surface area contributed by atoms with Crippen LogP contribution in [-0.4, -0.2) is 43.7 Å². The summed E-state index contributed by atoms with van der Waals surface area (Å²) in [6.07, 6.45) is -4.06. The lowest BCUT2D eigenvalue weighted by atomic mass is 9.54. The Bertz CT molecular complexity index is 655. The minimum atomic E-state index is -4.51. The van der Waals surface area contributed by atoms with E-state index in [9.17, 15) is 23.1 Å². The third-order valence-corrected chi connectivity index (χ3v) is 5.26. The van der Waals surface area contributed by atoms with Gasteiger partial charge < -0.3 is 20.3 Å². The first-order valence-electron chi connectivity index (χ1n) is 7.36. The standard InChI is InChI=1S/C14H19F3N4O2/c1-12(2)9(22)5-13(12,18)11(23)21-4-3-20-6-8(14(15,16)17)19-10(20)7-21/h6,9,22H,3-5,7,18H2,1-2H3/t9-,13-/m0/s1. The molecule has 6 nitrogen and oxygen atoms in total. The molecule has 23 heavy (non-hydrogen) atoms. The molecule has 2 aliphatic rings. The molecule has 0 bridgehead atoms. The van der Waals surface area contributed by atoms with Gasteiger partial charge in [0.15, 0.2) is 5.69 Å². The van der Waals surface area contributed by atoms with Gasteiger partial charge in [0.05, 0.1) is 12.6 Å². The number of hydrogen-bond donors (Lipinski definition) is 2. The van der Waals surface area contributed by atoms with Gasteiger partial charge in [-0.3, -0.25) is 4.79 Å². The summed E-state index contributed by atoms with van der Waals surface area (Å²) < 4.78 is 39.6. The Morgan fingerprint density at radius 3 is 2.61 bits per heavy atom. The number of aromatic nitrogens is 2. The van der Waals surface area contributed by atoms with Gasteiger partial charge in [0.1, 0.15) is 11.4 Å². The zero-order chi connectivity index (χ0) is 17.2. The number of nitrogens with two attached hydrogens (primary N) is 1. The van der Waals surface area contributed by atoms with E-state index in [1.165, 1.54) is 9.47 Å². The quantitative estimate of drug-likeness (QED) is 0.794. The number of alkyl halides is 3. The second-order valence-electron chi connectivity index (χ2n) is 6.87. The average Bonchev–Trinajstić information content (AvgIpc) is 2.89. The molecule has 1 amide bonds. The van der Waals surface area contributed by atoms with Crippen molar-refractivity contribution in [3.8, 4) is 0 Å². The van der Waals surface area contributed by atoms with Crippen LogP contribution < -0.4 is 5.73 Å². The number of carbonyl (C=O) groups excluding carboxylic acids is 1. The fraction of sp³-hybridized carbons (Fsp3) is 0.714. The Labute approximate surface area is 131 Å². The van der Waals surface area contributed by atoms with E-state index in [-0.39, 0.29) is 37.8 Å². The lowest BCUT2D eigenvalue weighted by molar-refractivity contribution is -0.170. The fourth-order valence-electron chi connectivity index (χ4n) is 3.20. The van der Waals surface area contributed by atoms with E-state index < -0.39 is 28.9 Å². The van der Waals surface area contributed by atoms with Gasteiger partial charge >= 0.3 is 6.18 Å². The molecule has 128 valence electrons. The second-order valence-corrected chi connectivity index (χ2v) is 6.87. The highest BCUT2D eigenvalue weighted by molar-refractivity contribution is 5.88. The van der Waals surface area contributed by atoms with E-state index in [4.69, 9.17) is 5.73 Å². The molecule has 1 saturated carbocycles. The van der Waals surface area contributed by atoms with Crippen LogP contribution >= 0.6 is 0 Å². The summed E-state index contributed by atoms with van der Waals surface area (Å²) >= 11 is 0. The molecule has 3 N–H and O–H groups in total. The predicted molar refractivity (Wildman–Crippen MR) is 74.0 cm³/mol. The van der Waals surface area contributed by atoms with Gasteiger partial charge in [-0.15, -0.1) is 0 Å². The van der Waals surface area contributed by atoms with Crippen LogP contribution in [0.4, 0.5) is 13.2 Å². The topological polar surface area (TPSA) is 84.4 Å². The van der Waals surface area contributed by atoms with Crippen molar-refractivity contribution >= 4 is 5.91 Å². The molecule has 1 aromatic heterocycles. The van der Waals surface area contributed by atoms with E-state index in [2.05, 4.69) is 4.98 Å². The van der Waals surface area contributed by atoms with Gasteiger partial charge in [-0.05, 0) is 0 Å². The first kappa shape index (κ1) is 16.3. The Hall–Kier alpha value is -1.61. The van der Waals surface area contributed by atoms with Crippen molar-refractivity contribution in [2.75, 3.05) is 6.54 Å². The summed E-state index contributed by atoms with van der Waals surface area (Å²) in [6.45, 7) is 3.92. The molecular formula is C14H19F3N4O2. The van der Waals surface area contributed by atoms with Crippen molar-refractivity contribution in [1.82, 2.24) is 14.5 Å². The van der Waals surface area contributed by atoms with E-state index >= 15 is 0 Å². The van der Waals surface area contributed by atoms with Crippen molar-refractivity contribution in [3.63, 3.8) is 0 Å². The number of fused-ring (bicyclic) bond motifs is 1. The van der Waals surface area contributed by atoms with Gasteiger partial charge in [-0.1, -0.05) is 13.8 Å². The van der Waals surface area contributed by atoms with Crippen LogP contribution in [0.1, 0.15) is 31.8 Å². The highest BCUT2D eigenvalue weighted by atomic mass is 19.4. The first-order valence-corrected chi connectivity index (χ1v) is 7.36. The average molecular weight is 332 g/mol. The predicted octanol–water partition coefficient (Wildman–Crippen LogP) is 0.732. The van der Waals surface area contributed by atoms with Gasteiger partial charge in [0.25, 0.3) is 0 Å². The number of amides is 1. The van der Waals surface area contributed by atoms with Gasteiger partial charge in [0, 0.05) is 31.1 Å². The Morgan fingerprint density at radius 2 is 2.09 bits per heavy atom. The highest BCUT2D eigenvalue weighted by Crippen LogP contribution is 2.49. The molecule has 1 fully saturated rings. The Kier molecular flexibility index (Phi) is 3.32. The summed E-state index contributed by atoms with van der Waals surface area (Å²) in [5.41, 5.74) is 3.26. The zero-order valence-electron chi connectivity index (χ0n) is 12.9. The van der Waals surface area contributed by atoms with E-state index in [0.717, 1.165) is 6.20 Å². The maximum absolute atomic E-state index is 12.7. The van der Waals surface area contributed by atoms with Crippen LogP contribution in [0.2, 0.25) is 0 Å². The first-order chi connectivity index (χ1) is 10.5. The van der Waals surface area contributed by atoms with Crippen LogP contribution in [0.5, 0.6) is 0 Å². The molecule has 2 heterocycles. The van der Waals surface area contributed by atoms with Crippen LogP contribution in [0, 0.1) is 5.41 Å². The smallest absolute Gasteiger partial charge is 0.392 e. The van der Waals surface area contributed by atoms with E-state index in [0.29, 0.717) is 0 Å². The maximum Gasteiger partial charge on any atom is 0.434 e. The molecular weight excluding hydrogens is 313 g/mol. The number of halogens is 3. The van der Waals surface area contributed by atoms with Crippen molar-refractivity contribution in [3.05, 3.63) is 17.7 Å². The minimum absolute atomic E-state index is 0.0139. The van der Waals surface area contributed by atoms with Crippen molar-refractivity contribution < 1.29 is 23.1 Å². The van der Waals surface area contributed by atoms with E-state index in [1.807, 2.05) is 0 Å². The van der Waals surface area contributed by atoms with Crippen LogP contribution in [0.3, 0.4) is 0 Å². The third kappa shape index (κ3) is 2.25. The van der Waals surface area contributed by atoms with Gasteiger partial charge in [-0.2, -0.15) is 13.2 Å². The summed E-state index contributed by atoms with van der Waals surface area (Å²) in [5.74, 6) is -0.159. The number of aliphatic hydroxyl groups is 1. The van der Waals surface area contributed by atoms with Gasteiger partial charge in [-0.25, -0.2) is 4.98 Å². The van der Waals surface area contributed by atoms with Crippen LogP contribution in [-0.2, 0) is 24.1 Å². The SMILES string of the molecule is CC1(C)[C@@H](O)C[C@]1(N)C(=O)N1CCn2cc(C(F)(F)F)nc2C1. The molecule has 3 rings (SSSR count). The van der Waals surface area contributed by atoms with Crippen molar-refractivity contribution in [1.29, 1.82) is 0 Å². The second kappa shape index (κ2) is 4.70. The van der Waals surface area contributed by atoms with Crippen molar-refractivity contribution in [2.45, 2.75) is 51.2 Å². The maximum atomic E-state index is 12.7. The number of aliphatic hydroxyl groups excluding tert-OH is 1. The summed E-state index contributed by atoms with van der Waals surface area (Å²) in [7, 11) is 0. The number of carbonyl (C=O) groups is 1. The minimum Gasteiger partial charge on any atom is -0.392 e. The highest BCUT2D eigenvalue weighted by Gasteiger charge is 2.62. The molecule has 0 unspecified atom stereocenters. The van der Waals surface area contributed by atoms with Crippen LogP contribution in [0.15, 0.2) is 6.20 Å². The molecule has 0 saturated heterocycles. The summed E-state index contributed by atoms with van der Waals surface area (Å²) in [6, 6.07) is 0. The normalized spacial score (nSPS) is 29.9. The molecule has 1 aliphatic carbocycles. The summed E-state index contributed by atoms with van der Waals surface area (Å²) in [4.78, 5) is 17.7. The zero-order valence-corrected chi connectivity index (χ0v) is 12.9. The molecule has 9 heteroatoms. The van der Waals surface area contributed by atoms with Gasteiger partial charge in [0.2, 0.25) is 5.91 Å². The van der Waals surface area contributed by atoms with E-state index in [1.54, 1.807) is 13.8 Å². The molecule has 2 atom stereocenters. The number of imidazole rings is 1. The monoisotopic (exact) mass is 332 g/mol. The number of nitrogens with zero attached hydrogens (tertiary/aromatic N) is 3.